The van der Waals surface area contributed by atoms with E-state index in [1.807, 2.05) is 13.0 Å². The van der Waals surface area contributed by atoms with E-state index in [2.05, 4.69) is 30.1 Å². The fourth-order valence-electron chi connectivity index (χ4n) is 2.19. The highest BCUT2D eigenvalue weighted by Crippen LogP contribution is 2.27. The molecule has 1 aliphatic heterocycles. The highest BCUT2D eigenvalue weighted by molar-refractivity contribution is 5.81. The molecule has 1 aromatic carbocycles. The molecule has 2 nitrogen and oxygen atoms in total. The summed E-state index contributed by atoms with van der Waals surface area (Å²) in [6.45, 7) is 2.97. The van der Waals surface area contributed by atoms with Crippen LogP contribution >= 0.6 is 0 Å². The third-order valence-corrected chi connectivity index (χ3v) is 3.03. The number of aryl methyl sites for hydroxylation is 1. The van der Waals surface area contributed by atoms with Gasteiger partial charge in [0.05, 0.1) is 0 Å². The number of carbonyl (C=O) groups is 1. The molecule has 84 valence electrons. The Kier molecular flexibility index (Phi) is 3.09. The second-order valence-electron chi connectivity index (χ2n) is 4.42. The third kappa shape index (κ3) is 2.16. The SMILES string of the molecule is CC(C=O)=Cc1ccc2c(c1)CCCN2C. The average molecular weight is 215 g/mol. The molecule has 0 bridgehead atoms. The zero-order valence-corrected chi connectivity index (χ0v) is 9.86. The minimum atomic E-state index is 0.768. The number of hydrogen-bond acceptors (Lipinski definition) is 2. The topological polar surface area (TPSA) is 20.3 Å². The van der Waals surface area contributed by atoms with Crippen molar-refractivity contribution in [1.29, 1.82) is 0 Å². The van der Waals surface area contributed by atoms with Gasteiger partial charge in [0.25, 0.3) is 0 Å². The van der Waals surface area contributed by atoms with Crippen molar-refractivity contribution in [3.05, 3.63) is 34.9 Å². The van der Waals surface area contributed by atoms with Gasteiger partial charge in [-0.1, -0.05) is 6.07 Å². The fraction of sp³-hybridized carbons (Fsp3) is 0.357. The molecule has 1 aromatic rings. The molecule has 16 heavy (non-hydrogen) atoms. The van der Waals surface area contributed by atoms with Crippen molar-refractivity contribution >= 4 is 18.0 Å². The number of benzene rings is 1. The Morgan fingerprint density at radius 2 is 2.25 bits per heavy atom. The van der Waals surface area contributed by atoms with Crippen LogP contribution in [0.2, 0.25) is 0 Å². The summed E-state index contributed by atoms with van der Waals surface area (Å²) in [5.41, 5.74) is 4.61. The molecule has 0 spiro atoms. The molecule has 0 atom stereocenters. The normalized spacial score (nSPS) is 15.9. The maximum absolute atomic E-state index is 10.6. The summed E-state index contributed by atoms with van der Waals surface area (Å²) in [6.07, 6.45) is 5.18. The Hall–Kier alpha value is -1.57. The number of nitrogens with zero attached hydrogens (tertiary/aromatic N) is 1. The summed E-state index contributed by atoms with van der Waals surface area (Å²) in [6, 6.07) is 6.42. The Morgan fingerprint density at radius 3 is 3.00 bits per heavy atom. The molecule has 0 amide bonds. The van der Waals surface area contributed by atoms with Gasteiger partial charge in [0.2, 0.25) is 0 Å². The molecule has 0 unspecified atom stereocenters. The van der Waals surface area contributed by atoms with Gasteiger partial charge < -0.3 is 4.90 Å². The molecule has 0 aromatic heterocycles. The summed E-state index contributed by atoms with van der Waals surface area (Å²) in [7, 11) is 2.13. The first kappa shape index (κ1) is 10.9. The summed E-state index contributed by atoms with van der Waals surface area (Å²) < 4.78 is 0. The van der Waals surface area contributed by atoms with Crippen molar-refractivity contribution in [1.82, 2.24) is 0 Å². The molecule has 1 heterocycles. The smallest absolute Gasteiger partial charge is 0.145 e. The number of aldehydes is 1. The van der Waals surface area contributed by atoms with E-state index in [0.29, 0.717) is 0 Å². The van der Waals surface area contributed by atoms with E-state index in [1.54, 1.807) is 0 Å². The second kappa shape index (κ2) is 4.52. The van der Waals surface area contributed by atoms with E-state index in [4.69, 9.17) is 0 Å². The van der Waals surface area contributed by atoms with E-state index in [-0.39, 0.29) is 0 Å². The molecule has 2 rings (SSSR count). The van der Waals surface area contributed by atoms with E-state index >= 15 is 0 Å². The summed E-state index contributed by atoms with van der Waals surface area (Å²) in [5, 5.41) is 0. The van der Waals surface area contributed by atoms with Crippen LogP contribution < -0.4 is 4.90 Å². The maximum atomic E-state index is 10.6. The van der Waals surface area contributed by atoms with Gasteiger partial charge in [0, 0.05) is 19.3 Å². The number of rotatable bonds is 2. The van der Waals surface area contributed by atoms with Crippen molar-refractivity contribution in [2.24, 2.45) is 0 Å². The molecule has 0 fully saturated rings. The largest absolute Gasteiger partial charge is 0.374 e. The quantitative estimate of drug-likeness (QED) is 0.558. The lowest BCUT2D eigenvalue weighted by atomic mass is 9.99. The molecule has 0 saturated carbocycles. The number of fused-ring (bicyclic) bond motifs is 1. The highest BCUT2D eigenvalue weighted by Gasteiger charge is 2.12. The molecule has 0 saturated heterocycles. The van der Waals surface area contributed by atoms with Crippen LogP contribution in [-0.4, -0.2) is 19.9 Å². The zero-order valence-electron chi connectivity index (χ0n) is 9.86. The molecule has 2 heteroatoms. The first-order chi connectivity index (χ1) is 7.70. The molecular formula is C14H17NO. The Labute approximate surface area is 96.6 Å². The van der Waals surface area contributed by atoms with Crippen molar-refractivity contribution in [2.75, 3.05) is 18.5 Å². The van der Waals surface area contributed by atoms with Crippen molar-refractivity contribution in [2.45, 2.75) is 19.8 Å². The van der Waals surface area contributed by atoms with Gasteiger partial charge in [-0.2, -0.15) is 0 Å². The summed E-state index contributed by atoms with van der Waals surface area (Å²) in [5.74, 6) is 0. The number of allylic oxidation sites excluding steroid dienone is 1. The van der Waals surface area contributed by atoms with Crippen LogP contribution in [0.3, 0.4) is 0 Å². The number of anilines is 1. The lowest BCUT2D eigenvalue weighted by Gasteiger charge is -2.27. The molecule has 0 N–H and O–H groups in total. The Morgan fingerprint density at radius 1 is 1.44 bits per heavy atom. The monoisotopic (exact) mass is 215 g/mol. The van der Waals surface area contributed by atoms with Gasteiger partial charge in [-0.15, -0.1) is 0 Å². The molecule has 1 aliphatic rings. The Balaban J connectivity index is 2.35. The van der Waals surface area contributed by atoms with E-state index in [1.165, 1.54) is 17.7 Å². The molecular weight excluding hydrogens is 198 g/mol. The number of carbonyl (C=O) groups excluding carboxylic acids is 1. The van der Waals surface area contributed by atoms with Gasteiger partial charge in [-0.05, 0) is 54.7 Å². The lowest BCUT2D eigenvalue weighted by molar-refractivity contribution is -0.104. The number of hydrogen-bond donors (Lipinski definition) is 0. The Bertz CT molecular complexity index is 434. The van der Waals surface area contributed by atoms with E-state index < -0.39 is 0 Å². The van der Waals surface area contributed by atoms with Gasteiger partial charge in [0.15, 0.2) is 0 Å². The lowest BCUT2D eigenvalue weighted by Crippen LogP contribution is -2.24. The molecule has 0 radical (unpaired) electrons. The van der Waals surface area contributed by atoms with Crippen molar-refractivity contribution in [3.8, 4) is 0 Å². The van der Waals surface area contributed by atoms with Crippen LogP contribution in [-0.2, 0) is 11.2 Å². The third-order valence-electron chi connectivity index (χ3n) is 3.03. The van der Waals surface area contributed by atoms with E-state index in [0.717, 1.165) is 30.4 Å². The van der Waals surface area contributed by atoms with Crippen LogP contribution in [0, 0.1) is 0 Å². The van der Waals surface area contributed by atoms with Gasteiger partial charge >= 0.3 is 0 Å². The predicted molar refractivity (Wildman–Crippen MR) is 67.7 cm³/mol. The molecule has 0 aliphatic carbocycles. The fourth-order valence-corrected chi connectivity index (χ4v) is 2.19. The van der Waals surface area contributed by atoms with Crippen LogP contribution in [0.5, 0.6) is 0 Å². The minimum Gasteiger partial charge on any atom is -0.374 e. The van der Waals surface area contributed by atoms with Crippen LogP contribution in [0.1, 0.15) is 24.5 Å². The van der Waals surface area contributed by atoms with Gasteiger partial charge in [-0.3, -0.25) is 4.79 Å². The van der Waals surface area contributed by atoms with Crippen molar-refractivity contribution in [3.63, 3.8) is 0 Å². The first-order valence-electron chi connectivity index (χ1n) is 5.68. The predicted octanol–water partition coefficient (Wildman–Crippen LogP) is 2.67. The zero-order chi connectivity index (χ0) is 11.5. The minimum absolute atomic E-state index is 0.768. The van der Waals surface area contributed by atoms with Gasteiger partial charge in [-0.25, -0.2) is 0 Å². The average Bonchev–Trinajstić information content (AvgIpc) is 2.29. The van der Waals surface area contributed by atoms with Crippen LogP contribution in [0.25, 0.3) is 6.08 Å². The van der Waals surface area contributed by atoms with Crippen LogP contribution in [0.4, 0.5) is 5.69 Å². The summed E-state index contributed by atoms with van der Waals surface area (Å²) in [4.78, 5) is 12.9. The highest BCUT2D eigenvalue weighted by atomic mass is 16.1. The van der Waals surface area contributed by atoms with Gasteiger partial charge in [0.1, 0.15) is 6.29 Å². The maximum Gasteiger partial charge on any atom is 0.145 e. The van der Waals surface area contributed by atoms with Crippen LogP contribution in [0.15, 0.2) is 23.8 Å². The van der Waals surface area contributed by atoms with Crippen molar-refractivity contribution < 1.29 is 4.79 Å². The summed E-state index contributed by atoms with van der Waals surface area (Å²) >= 11 is 0. The van der Waals surface area contributed by atoms with E-state index in [9.17, 15) is 4.79 Å². The second-order valence-corrected chi connectivity index (χ2v) is 4.42. The first-order valence-corrected chi connectivity index (χ1v) is 5.68. The standard InChI is InChI=1S/C14H17NO/c1-11(10-16)8-12-5-6-14-13(9-12)4-3-7-15(14)2/h5-6,8-10H,3-4,7H2,1-2H3.